The second kappa shape index (κ2) is 7.09. The number of carbonyl (C=O) groups is 2. The number of carbonyl (C=O) groups excluding carboxylic acids is 1. The summed E-state index contributed by atoms with van der Waals surface area (Å²) in [6.45, 7) is 8.27. The molecule has 1 amide bonds. The van der Waals surface area contributed by atoms with Crippen LogP contribution in [0.5, 0.6) is 0 Å². The molecular weight excluding hydrogens is 254 g/mol. The fourth-order valence-electron chi connectivity index (χ4n) is 3.45. The maximum absolute atomic E-state index is 12.2. The van der Waals surface area contributed by atoms with Crippen LogP contribution in [0.1, 0.15) is 66.2 Å². The summed E-state index contributed by atoms with van der Waals surface area (Å²) in [5.41, 5.74) is -0.585. The molecule has 0 bridgehead atoms. The summed E-state index contributed by atoms with van der Waals surface area (Å²) in [5.74, 6) is -0.336. The molecule has 1 aliphatic carbocycles. The third-order valence-electron chi connectivity index (χ3n) is 4.34. The molecule has 20 heavy (non-hydrogen) atoms. The molecule has 1 aliphatic rings. The van der Waals surface area contributed by atoms with E-state index < -0.39 is 17.4 Å². The third-order valence-corrected chi connectivity index (χ3v) is 4.34. The summed E-state index contributed by atoms with van der Waals surface area (Å²) >= 11 is 0. The summed E-state index contributed by atoms with van der Waals surface area (Å²) in [5, 5.41) is 12.3. The minimum atomic E-state index is -0.789. The van der Waals surface area contributed by atoms with Crippen LogP contribution in [0.4, 0.5) is 0 Å². The van der Waals surface area contributed by atoms with E-state index in [1.165, 1.54) is 0 Å². The smallest absolute Gasteiger partial charge is 0.308 e. The number of nitrogens with one attached hydrogen (secondary N) is 1. The van der Waals surface area contributed by atoms with Gasteiger partial charge in [0.25, 0.3) is 0 Å². The number of hydrogen-bond donors (Lipinski definition) is 2. The fraction of sp³-hybridized carbons (Fsp3) is 0.875. The van der Waals surface area contributed by atoms with E-state index in [0.717, 1.165) is 25.7 Å². The largest absolute Gasteiger partial charge is 0.481 e. The normalized spacial score (nSPS) is 28.1. The third kappa shape index (κ3) is 4.80. The molecule has 4 nitrogen and oxygen atoms in total. The summed E-state index contributed by atoms with van der Waals surface area (Å²) in [6.07, 6.45) is 4.85. The summed E-state index contributed by atoms with van der Waals surface area (Å²) in [7, 11) is 0. The van der Waals surface area contributed by atoms with Crippen molar-refractivity contribution in [2.75, 3.05) is 0 Å². The summed E-state index contributed by atoms with van der Waals surface area (Å²) < 4.78 is 0. The van der Waals surface area contributed by atoms with Gasteiger partial charge in [0.2, 0.25) is 5.91 Å². The van der Waals surface area contributed by atoms with Gasteiger partial charge in [-0.15, -0.1) is 0 Å². The Hall–Kier alpha value is -1.06. The zero-order valence-corrected chi connectivity index (χ0v) is 13.2. The first-order chi connectivity index (χ1) is 9.24. The van der Waals surface area contributed by atoms with Gasteiger partial charge in [-0.3, -0.25) is 9.59 Å². The van der Waals surface area contributed by atoms with Crippen molar-refractivity contribution < 1.29 is 14.7 Å². The van der Waals surface area contributed by atoms with Crippen LogP contribution in [0.2, 0.25) is 0 Å². The van der Waals surface area contributed by atoms with E-state index in [4.69, 9.17) is 0 Å². The minimum Gasteiger partial charge on any atom is -0.481 e. The van der Waals surface area contributed by atoms with Crippen molar-refractivity contribution in [3.63, 3.8) is 0 Å². The highest BCUT2D eigenvalue weighted by atomic mass is 16.4. The predicted octanol–water partition coefficient (Wildman–Crippen LogP) is 3.21. The van der Waals surface area contributed by atoms with Crippen molar-refractivity contribution >= 4 is 11.9 Å². The highest BCUT2D eigenvalue weighted by Gasteiger charge is 2.42. The van der Waals surface area contributed by atoms with E-state index >= 15 is 0 Å². The molecule has 0 aliphatic heterocycles. The Morgan fingerprint density at radius 3 is 2.50 bits per heavy atom. The van der Waals surface area contributed by atoms with Gasteiger partial charge in [0.1, 0.15) is 0 Å². The average molecular weight is 283 g/mol. The average Bonchev–Trinajstić information content (AvgIpc) is 2.26. The van der Waals surface area contributed by atoms with Crippen molar-refractivity contribution in [2.45, 2.75) is 71.8 Å². The van der Waals surface area contributed by atoms with Crippen LogP contribution in [-0.2, 0) is 9.59 Å². The molecule has 3 atom stereocenters. The molecule has 0 heterocycles. The quantitative estimate of drug-likeness (QED) is 0.786. The molecule has 0 aromatic carbocycles. The Bertz CT molecular complexity index is 354. The molecule has 1 fully saturated rings. The molecule has 1 saturated carbocycles. The van der Waals surface area contributed by atoms with E-state index in [-0.39, 0.29) is 5.91 Å². The van der Waals surface area contributed by atoms with Gasteiger partial charge in [-0.05, 0) is 38.0 Å². The van der Waals surface area contributed by atoms with E-state index in [1.54, 1.807) is 0 Å². The Balaban J connectivity index is 2.59. The first kappa shape index (κ1) is 17.0. The van der Waals surface area contributed by atoms with Gasteiger partial charge in [0.15, 0.2) is 0 Å². The number of carboxylic acid groups (broad SMARTS) is 1. The minimum absolute atomic E-state index is 0.00574. The Labute approximate surface area is 122 Å². The molecule has 0 aromatic rings. The van der Waals surface area contributed by atoms with Crippen LogP contribution >= 0.6 is 0 Å². The number of amides is 1. The Kier molecular flexibility index (Phi) is 6.03. The molecule has 116 valence electrons. The molecule has 0 saturated heterocycles. The SMILES string of the molecule is CC(C)CC(C)CC(=O)NC1(C)CCCCC1C(=O)O. The number of aliphatic carboxylic acids is 1. The lowest BCUT2D eigenvalue weighted by molar-refractivity contribution is -0.146. The maximum Gasteiger partial charge on any atom is 0.308 e. The lowest BCUT2D eigenvalue weighted by Gasteiger charge is -2.40. The van der Waals surface area contributed by atoms with Gasteiger partial charge in [-0.1, -0.05) is 33.6 Å². The second-order valence-electron chi connectivity index (χ2n) is 7.04. The molecule has 4 heteroatoms. The summed E-state index contributed by atoms with van der Waals surface area (Å²) in [6, 6.07) is 0. The number of carboxylic acids is 1. The van der Waals surface area contributed by atoms with Crippen molar-refractivity contribution in [1.29, 1.82) is 0 Å². The molecule has 1 rings (SSSR count). The first-order valence-electron chi connectivity index (χ1n) is 7.78. The molecule has 0 radical (unpaired) electrons. The molecule has 3 unspecified atom stereocenters. The molecule has 0 aromatic heterocycles. The Morgan fingerprint density at radius 2 is 1.95 bits per heavy atom. The van der Waals surface area contributed by atoms with Crippen molar-refractivity contribution in [3.05, 3.63) is 0 Å². The fourth-order valence-corrected chi connectivity index (χ4v) is 3.45. The zero-order chi connectivity index (χ0) is 15.3. The lowest BCUT2D eigenvalue weighted by Crippen LogP contribution is -2.55. The van der Waals surface area contributed by atoms with Crippen LogP contribution in [0.25, 0.3) is 0 Å². The summed E-state index contributed by atoms with van der Waals surface area (Å²) in [4.78, 5) is 23.5. The number of hydrogen-bond acceptors (Lipinski definition) is 2. The maximum atomic E-state index is 12.2. The van der Waals surface area contributed by atoms with Gasteiger partial charge in [0.05, 0.1) is 11.5 Å². The first-order valence-corrected chi connectivity index (χ1v) is 7.78. The van der Waals surface area contributed by atoms with Crippen LogP contribution in [0.3, 0.4) is 0 Å². The van der Waals surface area contributed by atoms with Crippen LogP contribution in [0, 0.1) is 17.8 Å². The number of rotatable bonds is 6. The van der Waals surface area contributed by atoms with Crippen LogP contribution in [0.15, 0.2) is 0 Å². The van der Waals surface area contributed by atoms with Gasteiger partial charge in [-0.2, -0.15) is 0 Å². The topological polar surface area (TPSA) is 66.4 Å². The highest BCUT2D eigenvalue weighted by molar-refractivity contribution is 5.79. The van der Waals surface area contributed by atoms with Crippen LogP contribution in [-0.4, -0.2) is 22.5 Å². The zero-order valence-electron chi connectivity index (χ0n) is 13.2. The predicted molar refractivity (Wildman–Crippen MR) is 79.4 cm³/mol. The van der Waals surface area contributed by atoms with Gasteiger partial charge in [0, 0.05) is 6.42 Å². The van der Waals surface area contributed by atoms with Crippen molar-refractivity contribution in [3.8, 4) is 0 Å². The standard InChI is InChI=1S/C16H29NO3/c1-11(2)9-12(3)10-14(18)17-16(4)8-6-5-7-13(16)15(19)20/h11-13H,5-10H2,1-4H3,(H,17,18)(H,19,20). The van der Waals surface area contributed by atoms with Gasteiger partial charge in [-0.25, -0.2) is 0 Å². The van der Waals surface area contributed by atoms with Gasteiger partial charge < -0.3 is 10.4 Å². The van der Waals surface area contributed by atoms with E-state index in [1.807, 2.05) is 6.92 Å². The van der Waals surface area contributed by atoms with Crippen molar-refractivity contribution in [1.82, 2.24) is 5.32 Å². The van der Waals surface area contributed by atoms with Crippen molar-refractivity contribution in [2.24, 2.45) is 17.8 Å². The molecular formula is C16H29NO3. The van der Waals surface area contributed by atoms with Gasteiger partial charge >= 0.3 is 5.97 Å². The highest BCUT2D eigenvalue weighted by Crippen LogP contribution is 2.34. The van der Waals surface area contributed by atoms with E-state index in [0.29, 0.717) is 24.7 Å². The van der Waals surface area contributed by atoms with E-state index in [9.17, 15) is 14.7 Å². The molecule has 2 N–H and O–H groups in total. The second-order valence-corrected chi connectivity index (χ2v) is 7.04. The Morgan fingerprint density at radius 1 is 1.30 bits per heavy atom. The monoisotopic (exact) mass is 283 g/mol. The van der Waals surface area contributed by atoms with Crippen LogP contribution < -0.4 is 5.32 Å². The lowest BCUT2D eigenvalue weighted by atomic mass is 9.73. The molecule has 0 spiro atoms. The van der Waals surface area contributed by atoms with E-state index in [2.05, 4.69) is 26.1 Å².